The van der Waals surface area contributed by atoms with Crippen molar-refractivity contribution in [1.82, 2.24) is 10.0 Å². The molecule has 0 saturated heterocycles. The zero-order valence-corrected chi connectivity index (χ0v) is 16.4. The molecule has 0 unspecified atom stereocenters. The minimum Gasteiger partial charge on any atom is -0.496 e. The molecule has 0 radical (unpaired) electrons. The highest BCUT2D eigenvalue weighted by Crippen LogP contribution is 2.21. The van der Waals surface area contributed by atoms with Crippen LogP contribution in [0, 0.1) is 12.7 Å². The van der Waals surface area contributed by atoms with Gasteiger partial charge < -0.3 is 10.1 Å². The SMILES string of the molecule is COc1ccc(S(=O)(=O)N[C@H](C)C(=O)N[C@H](C)c2ccc(F)cc2)cc1C. The summed E-state index contributed by atoms with van der Waals surface area (Å²) in [6, 6.07) is 8.81. The van der Waals surface area contributed by atoms with Gasteiger partial charge in [0.1, 0.15) is 11.6 Å². The summed E-state index contributed by atoms with van der Waals surface area (Å²) in [7, 11) is -2.37. The Kier molecular flexibility index (Phi) is 6.56. The summed E-state index contributed by atoms with van der Waals surface area (Å²) >= 11 is 0. The lowest BCUT2D eigenvalue weighted by molar-refractivity contribution is -0.123. The zero-order chi connectivity index (χ0) is 20.2. The Morgan fingerprint density at radius 3 is 2.30 bits per heavy atom. The molecule has 1 amide bonds. The van der Waals surface area contributed by atoms with Crippen LogP contribution in [0.2, 0.25) is 0 Å². The van der Waals surface area contributed by atoms with E-state index in [1.54, 1.807) is 32.0 Å². The first-order valence-corrected chi connectivity index (χ1v) is 9.85. The first-order chi connectivity index (χ1) is 12.6. The van der Waals surface area contributed by atoms with Crippen LogP contribution < -0.4 is 14.8 Å². The van der Waals surface area contributed by atoms with Crippen molar-refractivity contribution in [2.75, 3.05) is 7.11 Å². The molecular weight excluding hydrogens is 371 g/mol. The molecule has 2 atom stereocenters. The average molecular weight is 394 g/mol. The summed E-state index contributed by atoms with van der Waals surface area (Å²) < 4.78 is 45.5. The highest BCUT2D eigenvalue weighted by Gasteiger charge is 2.23. The van der Waals surface area contributed by atoms with Crippen LogP contribution in [0.1, 0.15) is 31.0 Å². The number of carbonyl (C=O) groups excluding carboxylic acids is 1. The molecular formula is C19H23FN2O4S. The Balaban J connectivity index is 2.06. The molecule has 0 heterocycles. The zero-order valence-electron chi connectivity index (χ0n) is 15.6. The van der Waals surface area contributed by atoms with Crippen molar-refractivity contribution in [1.29, 1.82) is 0 Å². The van der Waals surface area contributed by atoms with E-state index in [1.165, 1.54) is 38.3 Å². The average Bonchev–Trinajstić information content (AvgIpc) is 2.61. The number of sulfonamides is 1. The summed E-state index contributed by atoms with van der Waals surface area (Å²) in [6.45, 7) is 4.93. The molecule has 27 heavy (non-hydrogen) atoms. The van der Waals surface area contributed by atoms with Crippen LogP contribution in [-0.2, 0) is 14.8 Å². The molecule has 0 saturated carbocycles. The number of nitrogens with one attached hydrogen (secondary N) is 2. The number of aryl methyl sites for hydroxylation is 1. The maximum absolute atomic E-state index is 13.0. The fraction of sp³-hybridized carbons (Fsp3) is 0.316. The molecule has 2 aromatic rings. The minimum absolute atomic E-state index is 0.0482. The van der Waals surface area contributed by atoms with Gasteiger partial charge in [-0.15, -0.1) is 0 Å². The molecule has 2 aromatic carbocycles. The number of amides is 1. The molecule has 0 spiro atoms. The summed E-state index contributed by atoms with van der Waals surface area (Å²) in [6.07, 6.45) is 0. The summed E-state index contributed by atoms with van der Waals surface area (Å²) in [5, 5.41) is 2.71. The van der Waals surface area contributed by atoms with E-state index in [2.05, 4.69) is 10.0 Å². The number of methoxy groups -OCH3 is 1. The molecule has 0 aliphatic rings. The lowest BCUT2D eigenvalue weighted by Gasteiger charge is -2.19. The number of benzene rings is 2. The predicted molar refractivity (Wildman–Crippen MR) is 100 cm³/mol. The van der Waals surface area contributed by atoms with Gasteiger partial charge in [0.15, 0.2) is 0 Å². The van der Waals surface area contributed by atoms with Crippen molar-refractivity contribution in [3.63, 3.8) is 0 Å². The Morgan fingerprint density at radius 1 is 1.11 bits per heavy atom. The van der Waals surface area contributed by atoms with Gasteiger partial charge in [0, 0.05) is 0 Å². The molecule has 146 valence electrons. The van der Waals surface area contributed by atoms with E-state index < -0.39 is 28.0 Å². The Bertz CT molecular complexity index is 914. The number of rotatable bonds is 7. The molecule has 0 aliphatic carbocycles. The quantitative estimate of drug-likeness (QED) is 0.756. The van der Waals surface area contributed by atoms with E-state index in [0.29, 0.717) is 16.9 Å². The van der Waals surface area contributed by atoms with E-state index in [4.69, 9.17) is 4.74 Å². The second kappa shape index (κ2) is 8.49. The fourth-order valence-electron chi connectivity index (χ4n) is 2.55. The van der Waals surface area contributed by atoms with Gasteiger partial charge in [-0.3, -0.25) is 4.79 Å². The van der Waals surface area contributed by atoms with Crippen molar-refractivity contribution in [3.05, 3.63) is 59.4 Å². The summed E-state index contributed by atoms with van der Waals surface area (Å²) in [5.41, 5.74) is 1.38. The van der Waals surface area contributed by atoms with Gasteiger partial charge >= 0.3 is 0 Å². The van der Waals surface area contributed by atoms with E-state index in [9.17, 15) is 17.6 Å². The molecule has 2 N–H and O–H groups in total. The second-order valence-electron chi connectivity index (χ2n) is 6.26. The smallest absolute Gasteiger partial charge is 0.241 e. The molecule has 0 bridgehead atoms. The molecule has 2 rings (SSSR count). The first-order valence-electron chi connectivity index (χ1n) is 8.37. The van der Waals surface area contributed by atoms with Gasteiger partial charge in [-0.05, 0) is 62.2 Å². The van der Waals surface area contributed by atoms with Crippen LogP contribution in [0.5, 0.6) is 5.75 Å². The van der Waals surface area contributed by atoms with Crippen LogP contribution in [0.4, 0.5) is 4.39 Å². The third-order valence-electron chi connectivity index (χ3n) is 4.13. The number of hydrogen-bond acceptors (Lipinski definition) is 4. The standard InChI is InChI=1S/C19H23FN2O4S/c1-12-11-17(9-10-18(12)26-4)27(24,25)22-14(3)19(23)21-13(2)15-5-7-16(20)8-6-15/h5-11,13-14,22H,1-4H3,(H,21,23)/t13-,14-/m1/s1. The van der Waals surface area contributed by atoms with Crippen LogP contribution in [0.25, 0.3) is 0 Å². The van der Waals surface area contributed by atoms with Gasteiger partial charge in [-0.2, -0.15) is 4.72 Å². The van der Waals surface area contributed by atoms with Crippen LogP contribution >= 0.6 is 0 Å². The largest absolute Gasteiger partial charge is 0.496 e. The Morgan fingerprint density at radius 2 is 1.74 bits per heavy atom. The van der Waals surface area contributed by atoms with Crippen LogP contribution in [0.15, 0.2) is 47.4 Å². The lowest BCUT2D eigenvalue weighted by Crippen LogP contribution is -2.45. The molecule has 8 heteroatoms. The topological polar surface area (TPSA) is 84.5 Å². The third-order valence-corrected chi connectivity index (χ3v) is 5.67. The van der Waals surface area contributed by atoms with Crippen LogP contribution in [0.3, 0.4) is 0 Å². The van der Waals surface area contributed by atoms with Gasteiger partial charge in [0.25, 0.3) is 0 Å². The van der Waals surface area contributed by atoms with Crippen LogP contribution in [-0.4, -0.2) is 27.5 Å². The normalized spacial score (nSPS) is 13.7. The minimum atomic E-state index is -3.87. The highest BCUT2D eigenvalue weighted by molar-refractivity contribution is 7.89. The van der Waals surface area contributed by atoms with Gasteiger partial charge in [-0.1, -0.05) is 12.1 Å². The number of carbonyl (C=O) groups is 1. The summed E-state index contributed by atoms with van der Waals surface area (Å²) in [5.74, 6) is -0.276. The Hall–Kier alpha value is -2.45. The first kappa shape index (κ1) is 20.9. The van der Waals surface area contributed by atoms with Crippen molar-refractivity contribution in [2.24, 2.45) is 0 Å². The van der Waals surface area contributed by atoms with Gasteiger partial charge in [0.2, 0.25) is 15.9 Å². The van der Waals surface area contributed by atoms with Gasteiger partial charge in [-0.25, -0.2) is 12.8 Å². The lowest BCUT2D eigenvalue weighted by atomic mass is 10.1. The Labute approximate surface area is 158 Å². The van der Waals surface area contributed by atoms with Gasteiger partial charge in [0.05, 0.1) is 24.1 Å². The molecule has 0 aromatic heterocycles. The third kappa shape index (κ3) is 5.27. The monoisotopic (exact) mass is 394 g/mol. The van der Waals surface area contributed by atoms with Crippen molar-refractivity contribution in [3.8, 4) is 5.75 Å². The fourth-order valence-corrected chi connectivity index (χ4v) is 3.83. The number of ether oxygens (including phenoxy) is 1. The van der Waals surface area contributed by atoms with E-state index in [1.807, 2.05) is 0 Å². The molecule has 6 nitrogen and oxygen atoms in total. The number of hydrogen-bond donors (Lipinski definition) is 2. The molecule has 0 fully saturated rings. The van der Waals surface area contributed by atoms with E-state index >= 15 is 0 Å². The predicted octanol–water partition coefficient (Wildman–Crippen LogP) is 2.69. The summed E-state index contributed by atoms with van der Waals surface area (Å²) in [4.78, 5) is 12.4. The number of halogens is 1. The maximum atomic E-state index is 13.0. The maximum Gasteiger partial charge on any atom is 0.241 e. The molecule has 0 aliphatic heterocycles. The van der Waals surface area contributed by atoms with Crippen molar-refractivity contribution >= 4 is 15.9 Å². The highest BCUT2D eigenvalue weighted by atomic mass is 32.2. The van der Waals surface area contributed by atoms with Crippen molar-refractivity contribution < 1.29 is 22.3 Å². The van der Waals surface area contributed by atoms with E-state index in [-0.39, 0.29) is 10.7 Å². The van der Waals surface area contributed by atoms with Crippen molar-refractivity contribution in [2.45, 2.75) is 37.8 Å². The van der Waals surface area contributed by atoms with E-state index in [0.717, 1.165) is 0 Å². The second-order valence-corrected chi connectivity index (χ2v) is 7.97.